The van der Waals surface area contributed by atoms with Gasteiger partial charge >= 0.3 is 0 Å². The van der Waals surface area contributed by atoms with Crippen LogP contribution in [0.1, 0.15) is 17.8 Å². The second-order valence-electron chi connectivity index (χ2n) is 7.02. The average molecular weight is 553 g/mol. The van der Waals surface area contributed by atoms with Crippen molar-refractivity contribution in [2.45, 2.75) is 26.4 Å². The fraction of sp³-hybridized carbons (Fsp3) is 0.391. The first-order valence-electron chi connectivity index (χ1n) is 10.3. The van der Waals surface area contributed by atoms with Gasteiger partial charge in [-0.15, -0.1) is 24.0 Å². The van der Waals surface area contributed by atoms with Gasteiger partial charge in [0.15, 0.2) is 5.96 Å². The molecule has 174 valence electrons. The van der Waals surface area contributed by atoms with Crippen LogP contribution in [0.3, 0.4) is 0 Å². The van der Waals surface area contributed by atoms with Crippen molar-refractivity contribution in [3.63, 3.8) is 0 Å². The van der Waals surface area contributed by atoms with Gasteiger partial charge in [0.2, 0.25) is 0 Å². The topological polar surface area (TPSA) is 81.9 Å². The summed E-state index contributed by atoms with van der Waals surface area (Å²) in [5, 5.41) is 6.69. The summed E-state index contributed by atoms with van der Waals surface area (Å²) in [6.07, 6.45) is 0.942. The average Bonchev–Trinajstić information content (AvgIpc) is 3.12. The molecule has 0 radical (unpaired) electrons. The first-order valence-corrected chi connectivity index (χ1v) is 10.3. The normalized spacial score (nSPS) is 11.1. The van der Waals surface area contributed by atoms with Gasteiger partial charge in [0.1, 0.15) is 23.1 Å². The van der Waals surface area contributed by atoms with E-state index >= 15 is 0 Å². The molecule has 0 amide bonds. The van der Waals surface area contributed by atoms with Crippen LogP contribution in [0, 0.1) is 6.92 Å². The highest BCUT2D eigenvalue weighted by atomic mass is 127. The molecular formula is C23H32IN5O3. The van der Waals surface area contributed by atoms with Gasteiger partial charge < -0.3 is 29.4 Å². The number of ether oxygens (including phenoxy) is 3. The maximum absolute atomic E-state index is 5.51. The summed E-state index contributed by atoms with van der Waals surface area (Å²) in [4.78, 5) is 8.94. The van der Waals surface area contributed by atoms with Crippen LogP contribution in [0.2, 0.25) is 0 Å². The highest BCUT2D eigenvalue weighted by Gasteiger charge is 2.14. The highest BCUT2D eigenvalue weighted by molar-refractivity contribution is 14.0. The summed E-state index contributed by atoms with van der Waals surface area (Å²) in [7, 11) is 6.64. The molecule has 3 aromatic rings. The lowest BCUT2D eigenvalue weighted by Crippen LogP contribution is -2.37. The number of fused-ring (bicyclic) bond motifs is 1. The molecule has 0 saturated heterocycles. The Labute approximate surface area is 206 Å². The number of halogens is 1. The smallest absolute Gasteiger partial charge is 0.191 e. The molecule has 9 heteroatoms. The predicted octanol–water partition coefficient (Wildman–Crippen LogP) is 3.74. The number of benzene rings is 2. The van der Waals surface area contributed by atoms with Crippen LogP contribution in [0.5, 0.6) is 17.2 Å². The van der Waals surface area contributed by atoms with E-state index in [-0.39, 0.29) is 24.0 Å². The molecule has 0 fully saturated rings. The molecule has 0 spiro atoms. The lowest BCUT2D eigenvalue weighted by atomic mass is 10.1. The van der Waals surface area contributed by atoms with Crippen LogP contribution in [0.15, 0.2) is 41.4 Å². The van der Waals surface area contributed by atoms with Gasteiger partial charge in [-0.25, -0.2) is 4.98 Å². The summed E-state index contributed by atoms with van der Waals surface area (Å²) in [5.41, 5.74) is 3.10. The minimum atomic E-state index is 0. The molecule has 2 N–H and O–H groups in total. The monoisotopic (exact) mass is 553 g/mol. The standard InChI is InChI=1S/C23H31N5O3.HI/c1-16-27-19-9-6-7-10-20(19)28(16)12-8-11-25-23(24-2)26-15-18-21(30-4)13-17(29-3)14-22(18)31-5;/h6-7,9-10,13-14H,8,11-12,15H2,1-5H3,(H2,24,25,26);1H. The lowest BCUT2D eigenvalue weighted by molar-refractivity contribution is 0.368. The van der Waals surface area contributed by atoms with E-state index in [4.69, 9.17) is 14.2 Å². The van der Waals surface area contributed by atoms with Crippen molar-refractivity contribution in [3.05, 3.63) is 47.8 Å². The highest BCUT2D eigenvalue weighted by Crippen LogP contribution is 2.33. The van der Waals surface area contributed by atoms with Crippen molar-refractivity contribution in [1.82, 2.24) is 20.2 Å². The zero-order valence-electron chi connectivity index (χ0n) is 19.3. The molecule has 0 atom stereocenters. The third-order valence-corrected chi connectivity index (χ3v) is 5.17. The molecule has 1 aromatic heterocycles. The van der Waals surface area contributed by atoms with Crippen LogP contribution >= 0.6 is 24.0 Å². The van der Waals surface area contributed by atoms with Crippen molar-refractivity contribution in [3.8, 4) is 17.2 Å². The third-order valence-electron chi connectivity index (χ3n) is 5.17. The molecule has 1 heterocycles. The summed E-state index contributed by atoms with van der Waals surface area (Å²) < 4.78 is 18.6. The number of methoxy groups -OCH3 is 3. The van der Waals surface area contributed by atoms with Crippen molar-refractivity contribution in [2.24, 2.45) is 4.99 Å². The first-order chi connectivity index (χ1) is 15.1. The second kappa shape index (κ2) is 12.4. The minimum absolute atomic E-state index is 0. The molecule has 0 bridgehead atoms. The first kappa shape index (κ1) is 25.6. The SMILES string of the molecule is CN=C(NCCCn1c(C)nc2ccccc21)NCc1c(OC)cc(OC)cc1OC.I. The quantitative estimate of drug-likeness (QED) is 0.182. The number of imidazole rings is 1. The van der Waals surface area contributed by atoms with Gasteiger partial charge in [0.05, 0.1) is 44.5 Å². The molecule has 0 saturated carbocycles. The Balaban J connectivity index is 0.00000363. The van der Waals surface area contributed by atoms with Crippen LogP contribution in [-0.2, 0) is 13.1 Å². The third kappa shape index (κ3) is 5.96. The van der Waals surface area contributed by atoms with Crippen LogP contribution < -0.4 is 24.8 Å². The molecular weight excluding hydrogens is 521 g/mol. The fourth-order valence-corrected chi connectivity index (χ4v) is 3.57. The maximum Gasteiger partial charge on any atom is 0.191 e. The zero-order chi connectivity index (χ0) is 22.2. The largest absolute Gasteiger partial charge is 0.496 e. The molecule has 0 unspecified atom stereocenters. The number of aliphatic imine (C=N–C) groups is 1. The molecule has 3 rings (SSSR count). The number of para-hydroxylation sites is 2. The summed E-state index contributed by atoms with van der Waals surface area (Å²) >= 11 is 0. The lowest BCUT2D eigenvalue weighted by Gasteiger charge is -2.17. The Morgan fingerprint density at radius 2 is 1.72 bits per heavy atom. The number of rotatable bonds is 9. The van der Waals surface area contributed by atoms with Crippen molar-refractivity contribution < 1.29 is 14.2 Å². The second-order valence-corrected chi connectivity index (χ2v) is 7.02. The number of hydrogen-bond acceptors (Lipinski definition) is 5. The number of nitrogens with zero attached hydrogens (tertiary/aromatic N) is 3. The van der Waals surface area contributed by atoms with Crippen LogP contribution in [0.4, 0.5) is 0 Å². The van der Waals surface area contributed by atoms with Crippen LogP contribution in [-0.4, -0.2) is 50.4 Å². The van der Waals surface area contributed by atoms with Gasteiger partial charge in [-0.2, -0.15) is 0 Å². The Morgan fingerprint density at radius 1 is 1.03 bits per heavy atom. The predicted molar refractivity (Wildman–Crippen MR) is 139 cm³/mol. The maximum atomic E-state index is 5.51. The minimum Gasteiger partial charge on any atom is -0.496 e. The van der Waals surface area contributed by atoms with Crippen molar-refractivity contribution >= 4 is 41.0 Å². The Kier molecular flexibility index (Phi) is 9.89. The number of nitrogens with one attached hydrogen (secondary N) is 2. The molecule has 0 aliphatic rings. The molecule has 0 aliphatic carbocycles. The van der Waals surface area contributed by atoms with E-state index in [2.05, 4.69) is 31.2 Å². The molecule has 32 heavy (non-hydrogen) atoms. The number of aromatic nitrogens is 2. The summed E-state index contributed by atoms with van der Waals surface area (Å²) in [6, 6.07) is 11.9. The number of aryl methyl sites for hydroxylation is 2. The van der Waals surface area contributed by atoms with E-state index < -0.39 is 0 Å². The summed E-state index contributed by atoms with van der Waals surface area (Å²) in [5.74, 6) is 3.82. The van der Waals surface area contributed by atoms with E-state index in [1.807, 2.05) is 37.3 Å². The van der Waals surface area contributed by atoms with E-state index in [0.29, 0.717) is 29.8 Å². The number of guanidine groups is 1. The van der Waals surface area contributed by atoms with Crippen molar-refractivity contribution in [2.75, 3.05) is 34.9 Å². The van der Waals surface area contributed by atoms with Gasteiger partial charge in [0.25, 0.3) is 0 Å². The molecule has 8 nitrogen and oxygen atoms in total. The molecule has 0 aliphatic heterocycles. The fourth-order valence-electron chi connectivity index (χ4n) is 3.57. The van der Waals surface area contributed by atoms with E-state index in [0.717, 1.165) is 36.4 Å². The van der Waals surface area contributed by atoms with E-state index in [1.54, 1.807) is 28.4 Å². The Bertz CT molecular complexity index is 1030. The number of hydrogen-bond donors (Lipinski definition) is 2. The van der Waals surface area contributed by atoms with Gasteiger partial charge in [-0.1, -0.05) is 12.1 Å². The van der Waals surface area contributed by atoms with Gasteiger partial charge in [0, 0.05) is 32.3 Å². The van der Waals surface area contributed by atoms with E-state index in [1.165, 1.54) is 5.52 Å². The summed E-state index contributed by atoms with van der Waals surface area (Å²) in [6.45, 7) is 4.21. The Hall–Kier alpha value is -2.69. The Morgan fingerprint density at radius 3 is 2.34 bits per heavy atom. The van der Waals surface area contributed by atoms with Crippen molar-refractivity contribution in [1.29, 1.82) is 0 Å². The van der Waals surface area contributed by atoms with E-state index in [9.17, 15) is 0 Å². The zero-order valence-corrected chi connectivity index (χ0v) is 21.6. The van der Waals surface area contributed by atoms with Gasteiger partial charge in [-0.05, 0) is 25.5 Å². The van der Waals surface area contributed by atoms with Crippen LogP contribution in [0.25, 0.3) is 11.0 Å². The molecule has 2 aromatic carbocycles. The van der Waals surface area contributed by atoms with Gasteiger partial charge in [-0.3, -0.25) is 4.99 Å².